The van der Waals surface area contributed by atoms with Gasteiger partial charge in [-0.1, -0.05) is 26.7 Å². The molecule has 0 aromatic rings. The van der Waals surface area contributed by atoms with Crippen LogP contribution in [0, 0.1) is 11.8 Å². The Kier molecular flexibility index (Phi) is 6.23. The number of hydrogen-bond acceptors (Lipinski definition) is 4. The van der Waals surface area contributed by atoms with Gasteiger partial charge in [0.05, 0.1) is 11.8 Å². The second-order valence-corrected chi connectivity index (χ2v) is 5.26. The zero-order valence-corrected chi connectivity index (χ0v) is 12.0. The van der Waals surface area contributed by atoms with Crippen LogP contribution in [-0.2, 0) is 0 Å². The van der Waals surface area contributed by atoms with Gasteiger partial charge in [0.15, 0.2) is 0 Å². The molecular formula is C12H24N6O2. The van der Waals surface area contributed by atoms with Gasteiger partial charge in [-0.15, -0.1) is 0 Å². The van der Waals surface area contributed by atoms with E-state index in [1.807, 2.05) is 0 Å². The lowest BCUT2D eigenvalue weighted by atomic mass is 9.76. The van der Waals surface area contributed by atoms with Gasteiger partial charge >= 0.3 is 12.1 Å². The number of nitrogens with one attached hydrogen (secondary N) is 3. The standard InChI is InChI=1S/C12H24N6O2/c1-3-4-8-5-7(2)10(16-18-12(14)20)9(6-8)15-17-11(13)19/h7-8,10,16H,3-6H2,1-2H3,(H3,13,17,19)(H3,14,18,20)/b15-9+/t7-,8-,10-/m0/s1. The summed E-state index contributed by atoms with van der Waals surface area (Å²) in [5, 5.41) is 4.06. The molecular weight excluding hydrogens is 260 g/mol. The fourth-order valence-electron chi connectivity index (χ4n) is 2.74. The molecule has 0 aliphatic heterocycles. The molecule has 8 heteroatoms. The van der Waals surface area contributed by atoms with Crippen LogP contribution in [0.1, 0.15) is 39.5 Å². The van der Waals surface area contributed by atoms with Crippen molar-refractivity contribution in [3.05, 3.63) is 0 Å². The minimum atomic E-state index is -0.704. The monoisotopic (exact) mass is 284 g/mol. The van der Waals surface area contributed by atoms with Gasteiger partial charge in [-0.3, -0.25) is 5.43 Å². The van der Waals surface area contributed by atoms with Gasteiger partial charge in [-0.25, -0.2) is 20.4 Å². The van der Waals surface area contributed by atoms with Crippen molar-refractivity contribution in [1.82, 2.24) is 16.3 Å². The molecule has 0 unspecified atom stereocenters. The second-order valence-electron chi connectivity index (χ2n) is 5.26. The smallest absolute Gasteiger partial charge is 0.332 e. The molecule has 1 rings (SSSR count). The summed E-state index contributed by atoms with van der Waals surface area (Å²) in [4.78, 5) is 21.6. The SMILES string of the molecule is CCC[C@@H]1C/C(=N\NC(N)=O)[C@@H](NNC(N)=O)[C@@H](C)C1. The van der Waals surface area contributed by atoms with Crippen LogP contribution in [-0.4, -0.2) is 23.8 Å². The van der Waals surface area contributed by atoms with E-state index in [0.29, 0.717) is 5.92 Å². The lowest BCUT2D eigenvalue weighted by Crippen LogP contribution is -2.55. The van der Waals surface area contributed by atoms with Crippen LogP contribution >= 0.6 is 0 Å². The Morgan fingerprint density at radius 1 is 1.35 bits per heavy atom. The first kappa shape index (κ1) is 16.2. The number of hydrazone groups is 1. The number of rotatable bonds is 5. The molecule has 7 N–H and O–H groups in total. The predicted octanol–water partition coefficient (Wildman–Crippen LogP) is 0.398. The molecule has 0 bridgehead atoms. The lowest BCUT2D eigenvalue weighted by Gasteiger charge is -2.35. The van der Waals surface area contributed by atoms with Crippen LogP contribution in [0.5, 0.6) is 0 Å². The summed E-state index contributed by atoms with van der Waals surface area (Å²) in [7, 11) is 0. The Balaban J connectivity index is 2.78. The number of carbonyl (C=O) groups is 2. The minimum absolute atomic E-state index is 0.164. The molecule has 0 aromatic carbocycles. The Bertz CT molecular complexity index is 384. The van der Waals surface area contributed by atoms with E-state index in [4.69, 9.17) is 11.5 Å². The third-order valence-electron chi connectivity index (χ3n) is 3.49. The summed E-state index contributed by atoms with van der Waals surface area (Å²) in [6, 6.07) is -1.53. The highest BCUT2D eigenvalue weighted by molar-refractivity contribution is 5.92. The van der Waals surface area contributed by atoms with E-state index in [1.54, 1.807) is 0 Å². The largest absolute Gasteiger partial charge is 0.351 e. The summed E-state index contributed by atoms with van der Waals surface area (Å²) in [5.74, 6) is 0.788. The molecule has 0 aromatic heterocycles. The van der Waals surface area contributed by atoms with Gasteiger partial charge < -0.3 is 11.5 Å². The summed E-state index contributed by atoms with van der Waals surface area (Å²) < 4.78 is 0. The van der Waals surface area contributed by atoms with E-state index >= 15 is 0 Å². The zero-order chi connectivity index (χ0) is 15.1. The van der Waals surface area contributed by atoms with Crippen molar-refractivity contribution in [1.29, 1.82) is 0 Å². The van der Waals surface area contributed by atoms with Crippen molar-refractivity contribution in [2.45, 2.75) is 45.6 Å². The van der Waals surface area contributed by atoms with Crippen LogP contribution in [0.3, 0.4) is 0 Å². The number of hydrazine groups is 1. The number of hydrogen-bond donors (Lipinski definition) is 5. The third kappa shape index (κ3) is 5.04. The van der Waals surface area contributed by atoms with Crippen molar-refractivity contribution < 1.29 is 9.59 Å². The number of primary amides is 2. The van der Waals surface area contributed by atoms with Crippen LogP contribution in [0.15, 0.2) is 5.10 Å². The Morgan fingerprint density at radius 3 is 2.60 bits per heavy atom. The Hall–Kier alpha value is -1.83. The summed E-state index contributed by atoms with van der Waals surface area (Å²) >= 11 is 0. The molecule has 0 radical (unpaired) electrons. The maximum absolute atomic E-state index is 10.8. The second kappa shape index (κ2) is 7.68. The van der Waals surface area contributed by atoms with Crippen molar-refractivity contribution >= 4 is 17.8 Å². The summed E-state index contributed by atoms with van der Waals surface area (Å²) in [5.41, 5.74) is 18.4. The van der Waals surface area contributed by atoms with Gasteiger partial charge in [0.2, 0.25) is 0 Å². The van der Waals surface area contributed by atoms with Gasteiger partial charge in [-0.2, -0.15) is 5.10 Å². The van der Waals surface area contributed by atoms with E-state index in [-0.39, 0.29) is 12.0 Å². The molecule has 20 heavy (non-hydrogen) atoms. The van der Waals surface area contributed by atoms with Crippen LogP contribution in [0.25, 0.3) is 0 Å². The van der Waals surface area contributed by atoms with E-state index in [1.165, 1.54) is 0 Å². The van der Waals surface area contributed by atoms with Crippen LogP contribution in [0.4, 0.5) is 9.59 Å². The van der Waals surface area contributed by atoms with Crippen LogP contribution in [0.2, 0.25) is 0 Å². The van der Waals surface area contributed by atoms with Gasteiger partial charge in [-0.05, 0) is 24.7 Å². The molecule has 114 valence electrons. The zero-order valence-electron chi connectivity index (χ0n) is 12.0. The van der Waals surface area contributed by atoms with Crippen molar-refractivity contribution in [3.8, 4) is 0 Å². The number of carbonyl (C=O) groups excluding carboxylic acids is 2. The highest BCUT2D eigenvalue weighted by Gasteiger charge is 2.32. The van der Waals surface area contributed by atoms with E-state index in [2.05, 4.69) is 35.2 Å². The first-order chi connectivity index (χ1) is 9.43. The lowest BCUT2D eigenvalue weighted by molar-refractivity contribution is 0.235. The van der Waals surface area contributed by atoms with Crippen molar-refractivity contribution in [2.24, 2.45) is 28.4 Å². The number of nitrogens with zero attached hydrogens (tertiary/aromatic N) is 1. The normalized spacial score (nSPS) is 28.1. The van der Waals surface area contributed by atoms with Crippen molar-refractivity contribution in [2.75, 3.05) is 0 Å². The molecule has 1 saturated carbocycles. The maximum Gasteiger partial charge on any atom is 0.332 e. The fraction of sp³-hybridized carbons (Fsp3) is 0.750. The van der Waals surface area contributed by atoms with Crippen molar-refractivity contribution in [3.63, 3.8) is 0 Å². The Labute approximate surface area is 118 Å². The molecule has 3 atom stereocenters. The first-order valence-corrected chi connectivity index (χ1v) is 6.86. The summed E-state index contributed by atoms with van der Waals surface area (Å²) in [6.45, 7) is 4.21. The van der Waals surface area contributed by atoms with Gasteiger partial charge in [0, 0.05) is 0 Å². The highest BCUT2D eigenvalue weighted by Crippen LogP contribution is 2.30. The highest BCUT2D eigenvalue weighted by atomic mass is 16.2. The van der Waals surface area contributed by atoms with Gasteiger partial charge in [0.25, 0.3) is 0 Å². The number of amides is 4. The molecule has 1 aliphatic carbocycles. The molecule has 4 amide bonds. The summed E-state index contributed by atoms with van der Waals surface area (Å²) in [6.07, 6.45) is 4.00. The molecule has 1 fully saturated rings. The predicted molar refractivity (Wildman–Crippen MR) is 76.6 cm³/mol. The average molecular weight is 284 g/mol. The molecule has 0 saturated heterocycles. The topological polar surface area (TPSA) is 135 Å². The number of nitrogens with two attached hydrogens (primary N) is 2. The minimum Gasteiger partial charge on any atom is -0.351 e. The maximum atomic E-state index is 10.8. The van der Waals surface area contributed by atoms with E-state index < -0.39 is 12.1 Å². The first-order valence-electron chi connectivity index (χ1n) is 6.86. The molecule has 8 nitrogen and oxygen atoms in total. The van der Waals surface area contributed by atoms with Crippen LogP contribution < -0.4 is 27.7 Å². The van der Waals surface area contributed by atoms with E-state index in [0.717, 1.165) is 31.4 Å². The molecule has 0 spiro atoms. The molecule has 1 aliphatic rings. The number of urea groups is 2. The quantitative estimate of drug-likeness (QED) is 0.467. The average Bonchev–Trinajstić information content (AvgIpc) is 2.35. The fourth-order valence-corrected chi connectivity index (χ4v) is 2.74. The van der Waals surface area contributed by atoms with E-state index in [9.17, 15) is 9.59 Å². The van der Waals surface area contributed by atoms with Gasteiger partial charge in [0.1, 0.15) is 0 Å². The Morgan fingerprint density at radius 2 is 2.05 bits per heavy atom. The third-order valence-corrected chi connectivity index (χ3v) is 3.49. The molecule has 0 heterocycles.